The van der Waals surface area contributed by atoms with E-state index in [9.17, 15) is 4.79 Å². The van der Waals surface area contributed by atoms with Crippen LogP contribution in [0.25, 0.3) is 11.1 Å². The Morgan fingerprint density at radius 1 is 0.731 bits per heavy atom. The molecule has 0 fully saturated rings. The van der Waals surface area contributed by atoms with Gasteiger partial charge in [0.2, 0.25) is 0 Å². The van der Waals surface area contributed by atoms with Crippen LogP contribution < -0.4 is 14.8 Å². The van der Waals surface area contributed by atoms with Gasteiger partial charge in [-0.25, -0.2) is 0 Å². The van der Waals surface area contributed by atoms with E-state index in [1.54, 1.807) is 26.4 Å². The largest absolute Gasteiger partial charge is 0.496 e. The maximum absolute atomic E-state index is 12.8. The summed E-state index contributed by atoms with van der Waals surface area (Å²) in [6, 6.07) is 23.6. The molecule has 1 atom stereocenters. The Bertz CT molecular complexity index is 842. The van der Waals surface area contributed by atoms with Crippen molar-refractivity contribution < 1.29 is 14.3 Å². The smallest absolute Gasteiger partial charge is 0.193 e. The predicted octanol–water partition coefficient (Wildman–Crippen LogP) is 4.13. The van der Waals surface area contributed by atoms with Crippen LogP contribution in [-0.2, 0) is 0 Å². The van der Waals surface area contributed by atoms with Crippen LogP contribution in [0.4, 0.5) is 0 Å². The molecule has 0 amide bonds. The van der Waals surface area contributed by atoms with Gasteiger partial charge in [-0.2, -0.15) is 0 Å². The zero-order valence-corrected chi connectivity index (χ0v) is 16.2. The van der Waals surface area contributed by atoms with E-state index in [-0.39, 0.29) is 33.0 Å². The van der Waals surface area contributed by atoms with Crippen LogP contribution in [0.5, 0.6) is 11.5 Å². The van der Waals surface area contributed by atoms with Crippen molar-refractivity contribution in [1.29, 1.82) is 0 Å². The first kappa shape index (κ1) is 20.3. The second-order valence-corrected chi connectivity index (χ2v) is 6.72. The fourth-order valence-electron chi connectivity index (χ4n) is 2.65. The fourth-order valence-corrected chi connectivity index (χ4v) is 3.61. The van der Waals surface area contributed by atoms with Gasteiger partial charge < -0.3 is 9.47 Å². The molecule has 5 heteroatoms. The molecule has 0 spiro atoms. The van der Waals surface area contributed by atoms with Gasteiger partial charge in [0.1, 0.15) is 17.1 Å². The van der Waals surface area contributed by atoms with E-state index < -0.39 is 0 Å². The molecule has 3 aromatic carbocycles. The molecular weight excluding hydrogens is 338 g/mol. The minimum absolute atomic E-state index is 0. The molecule has 1 unspecified atom stereocenters. The van der Waals surface area contributed by atoms with Gasteiger partial charge in [-0.15, -0.1) is 0 Å². The fraction of sp³-hybridized carbons (Fsp3) is 0.0952. The first-order chi connectivity index (χ1) is 12.2. The van der Waals surface area contributed by atoms with E-state index >= 15 is 0 Å². The first-order valence-corrected chi connectivity index (χ1v) is 8.90. The Kier molecular flexibility index (Phi) is 7.48. The zero-order chi connectivity index (χ0) is 17.6. The van der Waals surface area contributed by atoms with Crippen molar-refractivity contribution in [2.24, 2.45) is 0 Å². The van der Waals surface area contributed by atoms with Crippen LogP contribution >= 0.6 is 8.58 Å². The summed E-state index contributed by atoms with van der Waals surface area (Å²) in [7, 11) is 3.13. The zero-order valence-electron chi connectivity index (χ0n) is 15.2. The van der Waals surface area contributed by atoms with Gasteiger partial charge in [-0.05, 0) is 37.1 Å². The molecule has 0 aliphatic rings. The second kappa shape index (κ2) is 9.60. The van der Waals surface area contributed by atoms with Crippen LogP contribution in [0.1, 0.15) is 10.4 Å². The summed E-state index contributed by atoms with van der Waals surface area (Å²) in [5.74, 6) is 1.08. The Morgan fingerprint density at radius 3 is 1.81 bits per heavy atom. The van der Waals surface area contributed by atoms with Crippen molar-refractivity contribution in [3.63, 3.8) is 0 Å². The Hall–Kier alpha value is -2.04. The number of hydrogen-bond acceptors (Lipinski definition) is 3. The Labute approximate surface area is 167 Å². The molecule has 0 aliphatic heterocycles. The normalized spacial score (nSPS) is 10.4. The molecular formula is C21H19LiO3P. The molecule has 0 aliphatic carbocycles. The van der Waals surface area contributed by atoms with Crippen LogP contribution in [0.15, 0.2) is 72.8 Å². The van der Waals surface area contributed by atoms with E-state index in [2.05, 4.69) is 12.1 Å². The van der Waals surface area contributed by atoms with Crippen molar-refractivity contribution in [3.05, 3.63) is 78.4 Å². The number of carbonyl (C=O) groups is 1. The number of ether oxygens (including phenoxy) is 2. The summed E-state index contributed by atoms with van der Waals surface area (Å²) >= 11 is 0. The van der Waals surface area contributed by atoms with E-state index in [0.29, 0.717) is 17.1 Å². The summed E-state index contributed by atoms with van der Waals surface area (Å²) in [5.41, 5.74) is 2.80. The third kappa shape index (κ3) is 4.57. The number of hydrogen-bond donors (Lipinski definition) is 0. The molecule has 0 aromatic heterocycles. The summed E-state index contributed by atoms with van der Waals surface area (Å²) in [4.78, 5) is 12.8. The summed E-state index contributed by atoms with van der Waals surface area (Å²) in [6.45, 7) is 0. The van der Waals surface area contributed by atoms with E-state index in [1.807, 2.05) is 48.5 Å². The minimum atomic E-state index is 0. The van der Waals surface area contributed by atoms with Crippen molar-refractivity contribution in [2.45, 2.75) is 0 Å². The van der Waals surface area contributed by atoms with Gasteiger partial charge in [0.25, 0.3) is 0 Å². The van der Waals surface area contributed by atoms with Gasteiger partial charge in [-0.3, -0.25) is 4.79 Å². The van der Waals surface area contributed by atoms with Crippen molar-refractivity contribution in [2.75, 3.05) is 14.2 Å². The topological polar surface area (TPSA) is 35.5 Å². The van der Waals surface area contributed by atoms with Crippen LogP contribution in [0.2, 0.25) is 0 Å². The van der Waals surface area contributed by atoms with Crippen LogP contribution in [0.3, 0.4) is 0 Å². The average molecular weight is 357 g/mol. The molecule has 26 heavy (non-hydrogen) atoms. The number of methoxy groups -OCH3 is 2. The Morgan fingerprint density at radius 2 is 1.27 bits per heavy atom. The SMILES string of the molecule is COc1cccc(OC)c1C(=O)Pc1ccc(-c2ccccc2)cc1.[Li]. The summed E-state index contributed by atoms with van der Waals surface area (Å²) < 4.78 is 10.7. The molecule has 0 N–H and O–H groups in total. The minimum Gasteiger partial charge on any atom is -0.496 e. The van der Waals surface area contributed by atoms with E-state index in [4.69, 9.17) is 9.47 Å². The summed E-state index contributed by atoms with van der Waals surface area (Å²) in [5, 5.41) is 0.984. The molecule has 3 aromatic rings. The van der Waals surface area contributed by atoms with Gasteiger partial charge in [0.05, 0.1) is 14.2 Å². The number of rotatable bonds is 6. The Balaban J connectivity index is 0.00000243. The van der Waals surface area contributed by atoms with E-state index in [0.717, 1.165) is 16.4 Å². The van der Waals surface area contributed by atoms with Crippen LogP contribution in [0, 0.1) is 0 Å². The molecule has 0 heterocycles. The number of carbonyl (C=O) groups excluding carboxylic acids is 1. The molecule has 0 bridgehead atoms. The van der Waals surface area contributed by atoms with Gasteiger partial charge in [0.15, 0.2) is 5.52 Å². The molecule has 0 saturated carbocycles. The molecule has 1 radical (unpaired) electrons. The molecule has 3 nitrogen and oxygen atoms in total. The third-order valence-electron chi connectivity index (χ3n) is 3.90. The maximum atomic E-state index is 12.8. The first-order valence-electron chi connectivity index (χ1n) is 7.90. The van der Waals surface area contributed by atoms with Gasteiger partial charge in [-0.1, -0.05) is 60.7 Å². The van der Waals surface area contributed by atoms with Crippen LogP contribution in [-0.4, -0.2) is 38.6 Å². The second-order valence-electron chi connectivity index (χ2n) is 5.44. The van der Waals surface area contributed by atoms with Crippen molar-refractivity contribution in [1.82, 2.24) is 0 Å². The average Bonchev–Trinajstić information content (AvgIpc) is 2.68. The van der Waals surface area contributed by atoms with Gasteiger partial charge >= 0.3 is 0 Å². The molecule has 0 saturated heterocycles. The monoisotopic (exact) mass is 357 g/mol. The predicted molar refractivity (Wildman–Crippen MR) is 109 cm³/mol. The van der Waals surface area contributed by atoms with E-state index in [1.165, 1.54) is 0 Å². The molecule has 3 rings (SSSR count). The third-order valence-corrected chi connectivity index (χ3v) is 5.00. The maximum Gasteiger partial charge on any atom is 0.193 e. The number of benzene rings is 3. The quantitative estimate of drug-likeness (QED) is 0.491. The standard InChI is InChI=1S/C21H19O3P.Li/c1-23-18-9-6-10-19(24-2)20(18)21(22)25-17-13-11-16(12-14-17)15-7-4-3-5-8-15;/h3-14,25H,1-2H3;. The van der Waals surface area contributed by atoms with Gasteiger partial charge in [0, 0.05) is 18.9 Å². The van der Waals surface area contributed by atoms with Crippen molar-refractivity contribution >= 4 is 38.3 Å². The molecule has 127 valence electrons. The summed E-state index contributed by atoms with van der Waals surface area (Å²) in [6.07, 6.45) is 0. The van der Waals surface area contributed by atoms with Crippen molar-refractivity contribution in [3.8, 4) is 22.6 Å².